The van der Waals surface area contributed by atoms with Crippen molar-refractivity contribution in [1.29, 1.82) is 0 Å². The first kappa shape index (κ1) is 20.3. The van der Waals surface area contributed by atoms with Gasteiger partial charge in [0, 0.05) is 19.5 Å². The number of aromatic nitrogens is 4. The zero-order valence-corrected chi connectivity index (χ0v) is 17.4. The number of anilines is 1. The Hall–Kier alpha value is -2.96. The van der Waals surface area contributed by atoms with Gasteiger partial charge >= 0.3 is 0 Å². The van der Waals surface area contributed by atoms with E-state index in [9.17, 15) is 4.79 Å². The van der Waals surface area contributed by atoms with Crippen LogP contribution in [-0.2, 0) is 17.8 Å². The average Bonchev–Trinajstić information content (AvgIpc) is 3.44. The van der Waals surface area contributed by atoms with Crippen molar-refractivity contribution in [2.75, 3.05) is 18.4 Å². The lowest BCUT2D eigenvalue weighted by Gasteiger charge is -2.09. The number of hydrogen-bond donors (Lipinski definition) is 2. The van der Waals surface area contributed by atoms with Crippen LogP contribution >= 0.6 is 0 Å². The molecule has 1 aromatic carbocycles. The molecular formula is C23H30N6O. The van der Waals surface area contributed by atoms with Crippen LogP contribution in [-0.4, -0.2) is 38.7 Å². The second-order valence-corrected chi connectivity index (χ2v) is 8.03. The minimum Gasteiger partial charge on any atom is -0.369 e. The average molecular weight is 407 g/mol. The molecule has 30 heavy (non-hydrogen) atoms. The first-order chi connectivity index (χ1) is 14.8. The molecular weight excluding hydrogens is 376 g/mol. The summed E-state index contributed by atoms with van der Waals surface area (Å²) in [6, 6.07) is 10.4. The molecule has 7 heteroatoms. The highest BCUT2D eigenvalue weighted by Gasteiger charge is 2.16. The van der Waals surface area contributed by atoms with Gasteiger partial charge in [0.15, 0.2) is 5.65 Å². The SMILES string of the molecule is O=C(CCC1CCCC1)NCCn1ncc2c(NCCc3ccccc3)ncnc21. The van der Waals surface area contributed by atoms with Crippen LogP contribution in [0.15, 0.2) is 42.9 Å². The lowest BCUT2D eigenvalue weighted by atomic mass is 10.0. The Morgan fingerprint density at radius 3 is 2.77 bits per heavy atom. The third-order valence-electron chi connectivity index (χ3n) is 5.88. The maximum Gasteiger partial charge on any atom is 0.220 e. The monoisotopic (exact) mass is 406 g/mol. The number of nitrogens with one attached hydrogen (secondary N) is 2. The molecule has 0 spiro atoms. The number of benzene rings is 1. The molecule has 7 nitrogen and oxygen atoms in total. The van der Waals surface area contributed by atoms with Crippen molar-refractivity contribution in [3.05, 3.63) is 48.4 Å². The van der Waals surface area contributed by atoms with E-state index in [4.69, 9.17) is 0 Å². The fraction of sp³-hybridized carbons (Fsp3) is 0.478. The van der Waals surface area contributed by atoms with Gasteiger partial charge in [-0.3, -0.25) is 4.79 Å². The minimum absolute atomic E-state index is 0.135. The largest absolute Gasteiger partial charge is 0.369 e. The number of rotatable bonds is 10. The van der Waals surface area contributed by atoms with Crippen LogP contribution in [0.4, 0.5) is 5.82 Å². The Morgan fingerprint density at radius 1 is 1.10 bits per heavy atom. The van der Waals surface area contributed by atoms with Gasteiger partial charge in [0.1, 0.15) is 12.1 Å². The van der Waals surface area contributed by atoms with Gasteiger partial charge in [-0.15, -0.1) is 0 Å². The Balaban J connectivity index is 1.26. The number of fused-ring (bicyclic) bond motifs is 1. The van der Waals surface area contributed by atoms with E-state index < -0.39 is 0 Å². The van der Waals surface area contributed by atoms with Gasteiger partial charge < -0.3 is 10.6 Å². The Kier molecular flexibility index (Phi) is 6.90. The van der Waals surface area contributed by atoms with Crippen molar-refractivity contribution in [2.45, 2.75) is 51.5 Å². The van der Waals surface area contributed by atoms with Crippen LogP contribution in [0.2, 0.25) is 0 Å². The summed E-state index contributed by atoms with van der Waals surface area (Å²) in [6.07, 6.45) is 11.1. The fourth-order valence-electron chi connectivity index (χ4n) is 4.19. The molecule has 3 aromatic rings. The molecule has 1 aliphatic carbocycles. The lowest BCUT2D eigenvalue weighted by Crippen LogP contribution is -2.27. The predicted molar refractivity (Wildman–Crippen MR) is 118 cm³/mol. The predicted octanol–water partition coefficient (Wildman–Crippen LogP) is 3.57. The second-order valence-electron chi connectivity index (χ2n) is 8.03. The molecule has 0 bridgehead atoms. The molecule has 0 atom stereocenters. The van der Waals surface area contributed by atoms with Crippen LogP contribution in [0.1, 0.15) is 44.1 Å². The molecule has 1 fully saturated rings. The highest BCUT2D eigenvalue weighted by molar-refractivity contribution is 5.86. The van der Waals surface area contributed by atoms with Crippen LogP contribution < -0.4 is 10.6 Å². The highest BCUT2D eigenvalue weighted by atomic mass is 16.1. The standard InChI is InChI=1S/C23H30N6O/c30-21(11-10-18-8-4-5-9-18)24-14-15-29-23-20(16-28-29)22(26-17-27-23)25-13-12-19-6-2-1-3-7-19/h1-3,6-7,16-18H,4-5,8-15H2,(H,24,30)(H,25,26,27). The summed E-state index contributed by atoms with van der Waals surface area (Å²) >= 11 is 0. The summed E-state index contributed by atoms with van der Waals surface area (Å²) in [5.41, 5.74) is 2.07. The van der Waals surface area contributed by atoms with E-state index in [2.05, 4.69) is 50.0 Å². The van der Waals surface area contributed by atoms with Crippen LogP contribution in [0, 0.1) is 5.92 Å². The van der Waals surface area contributed by atoms with Crippen molar-refractivity contribution < 1.29 is 4.79 Å². The fourth-order valence-corrected chi connectivity index (χ4v) is 4.19. The zero-order valence-electron chi connectivity index (χ0n) is 17.4. The van der Waals surface area contributed by atoms with Crippen LogP contribution in [0.3, 0.4) is 0 Å². The molecule has 1 saturated carbocycles. The molecule has 2 heterocycles. The summed E-state index contributed by atoms with van der Waals surface area (Å²) in [7, 11) is 0. The Bertz CT molecular complexity index is 949. The number of carbonyl (C=O) groups excluding carboxylic acids is 1. The van der Waals surface area contributed by atoms with E-state index >= 15 is 0 Å². The molecule has 0 aliphatic heterocycles. The Labute approximate surface area is 177 Å². The number of carbonyl (C=O) groups is 1. The van der Waals surface area contributed by atoms with E-state index in [1.165, 1.54) is 31.2 Å². The molecule has 0 saturated heterocycles. The minimum atomic E-state index is 0.135. The van der Waals surface area contributed by atoms with Crippen LogP contribution in [0.5, 0.6) is 0 Å². The molecule has 2 N–H and O–H groups in total. The van der Waals surface area contributed by atoms with E-state index in [-0.39, 0.29) is 5.91 Å². The molecule has 0 unspecified atom stereocenters. The second kappa shape index (κ2) is 10.2. The maximum absolute atomic E-state index is 12.1. The van der Waals surface area contributed by atoms with E-state index in [1.54, 1.807) is 12.5 Å². The molecule has 2 aromatic heterocycles. The molecule has 1 amide bonds. The van der Waals surface area contributed by atoms with Gasteiger partial charge in [0.25, 0.3) is 0 Å². The molecule has 1 aliphatic rings. The molecule has 158 valence electrons. The first-order valence-corrected chi connectivity index (χ1v) is 11.0. The normalized spacial score (nSPS) is 14.3. The number of nitrogens with zero attached hydrogens (tertiary/aromatic N) is 4. The molecule has 0 radical (unpaired) electrons. The van der Waals surface area contributed by atoms with Crippen molar-refractivity contribution in [3.63, 3.8) is 0 Å². The third kappa shape index (κ3) is 5.34. The smallest absolute Gasteiger partial charge is 0.220 e. The number of hydrogen-bond acceptors (Lipinski definition) is 5. The van der Waals surface area contributed by atoms with Gasteiger partial charge in [-0.2, -0.15) is 5.10 Å². The zero-order chi connectivity index (χ0) is 20.6. The van der Waals surface area contributed by atoms with Crippen molar-refractivity contribution in [2.24, 2.45) is 5.92 Å². The molecule has 4 rings (SSSR count). The number of amides is 1. The third-order valence-corrected chi connectivity index (χ3v) is 5.88. The van der Waals surface area contributed by atoms with Crippen LogP contribution in [0.25, 0.3) is 11.0 Å². The van der Waals surface area contributed by atoms with Gasteiger partial charge in [-0.05, 0) is 24.3 Å². The maximum atomic E-state index is 12.1. The van der Waals surface area contributed by atoms with Gasteiger partial charge in [-0.25, -0.2) is 14.6 Å². The summed E-state index contributed by atoms with van der Waals surface area (Å²) in [5.74, 6) is 1.68. The quantitative estimate of drug-likeness (QED) is 0.538. The highest BCUT2D eigenvalue weighted by Crippen LogP contribution is 2.28. The summed E-state index contributed by atoms with van der Waals surface area (Å²) in [5, 5.41) is 11.8. The summed E-state index contributed by atoms with van der Waals surface area (Å²) in [6.45, 7) is 1.94. The van der Waals surface area contributed by atoms with E-state index in [0.717, 1.165) is 42.2 Å². The van der Waals surface area contributed by atoms with Crippen molar-refractivity contribution in [1.82, 2.24) is 25.1 Å². The van der Waals surface area contributed by atoms with Gasteiger partial charge in [0.05, 0.1) is 18.1 Å². The topological polar surface area (TPSA) is 84.7 Å². The van der Waals surface area contributed by atoms with E-state index in [0.29, 0.717) is 19.5 Å². The Morgan fingerprint density at radius 2 is 1.93 bits per heavy atom. The summed E-state index contributed by atoms with van der Waals surface area (Å²) < 4.78 is 1.83. The van der Waals surface area contributed by atoms with Crippen molar-refractivity contribution >= 4 is 22.8 Å². The lowest BCUT2D eigenvalue weighted by molar-refractivity contribution is -0.121. The summed E-state index contributed by atoms with van der Waals surface area (Å²) in [4.78, 5) is 20.9. The first-order valence-electron chi connectivity index (χ1n) is 11.0. The van der Waals surface area contributed by atoms with E-state index in [1.807, 2.05) is 10.7 Å². The van der Waals surface area contributed by atoms with Gasteiger partial charge in [0.2, 0.25) is 5.91 Å². The van der Waals surface area contributed by atoms with Crippen molar-refractivity contribution in [3.8, 4) is 0 Å². The van der Waals surface area contributed by atoms with Gasteiger partial charge in [-0.1, -0.05) is 56.0 Å².